The minimum atomic E-state index is -0.904. The zero-order chi connectivity index (χ0) is 19.0. The summed E-state index contributed by atoms with van der Waals surface area (Å²) in [4.78, 5) is 26.6. The van der Waals surface area contributed by atoms with Gasteiger partial charge in [0.15, 0.2) is 0 Å². The molecule has 0 spiro atoms. The number of carbonyl (C=O) groups is 2. The van der Waals surface area contributed by atoms with Crippen molar-refractivity contribution < 1.29 is 14.3 Å². The van der Waals surface area contributed by atoms with E-state index < -0.39 is 17.6 Å². The number of amides is 2. The van der Waals surface area contributed by atoms with Crippen molar-refractivity contribution in [1.29, 1.82) is 0 Å². The van der Waals surface area contributed by atoms with E-state index in [1.165, 1.54) is 0 Å². The Morgan fingerprint density at radius 2 is 1.59 bits per heavy atom. The maximum absolute atomic E-state index is 13.0. The molecule has 3 aromatic rings. The molecule has 27 heavy (non-hydrogen) atoms. The minimum absolute atomic E-state index is 0.391. The highest BCUT2D eigenvalue weighted by Crippen LogP contribution is 2.36. The topological polar surface area (TPSA) is 46.6 Å². The average Bonchev–Trinajstić information content (AvgIpc) is 2.90. The Bertz CT molecular complexity index is 1060. The van der Waals surface area contributed by atoms with Crippen LogP contribution in [0.1, 0.15) is 29.8 Å². The minimum Gasteiger partial charge on any atom is -0.436 e. The Morgan fingerprint density at radius 1 is 0.926 bits per heavy atom. The van der Waals surface area contributed by atoms with Crippen molar-refractivity contribution in [3.05, 3.63) is 89.6 Å². The van der Waals surface area contributed by atoms with Gasteiger partial charge in [-0.1, -0.05) is 60.7 Å². The van der Waals surface area contributed by atoms with Gasteiger partial charge in [0, 0.05) is 5.56 Å². The predicted molar refractivity (Wildman–Crippen MR) is 105 cm³/mol. The fourth-order valence-electron chi connectivity index (χ4n) is 3.35. The highest BCUT2D eigenvalue weighted by molar-refractivity contribution is 6.07. The third-order valence-electron chi connectivity index (χ3n) is 4.72. The molecule has 0 radical (unpaired) electrons. The summed E-state index contributed by atoms with van der Waals surface area (Å²) in [5.41, 5.74) is 0.993. The van der Waals surface area contributed by atoms with E-state index in [1.807, 2.05) is 54.6 Å². The van der Waals surface area contributed by atoms with Crippen molar-refractivity contribution in [2.24, 2.45) is 0 Å². The number of nitrogens with zero attached hydrogens (tertiary/aromatic N) is 1. The van der Waals surface area contributed by atoms with Crippen molar-refractivity contribution in [2.75, 3.05) is 0 Å². The van der Waals surface area contributed by atoms with E-state index in [9.17, 15) is 9.59 Å². The van der Waals surface area contributed by atoms with Gasteiger partial charge in [0.25, 0.3) is 5.91 Å². The van der Waals surface area contributed by atoms with E-state index in [1.54, 1.807) is 38.1 Å². The quantitative estimate of drug-likeness (QED) is 0.629. The lowest BCUT2D eigenvalue weighted by Crippen LogP contribution is -2.32. The van der Waals surface area contributed by atoms with Crippen LogP contribution in [0.2, 0.25) is 0 Å². The first-order valence-corrected chi connectivity index (χ1v) is 8.80. The lowest BCUT2D eigenvalue weighted by Gasteiger charge is -2.20. The summed E-state index contributed by atoms with van der Waals surface area (Å²) in [6.45, 7) is 3.58. The van der Waals surface area contributed by atoms with Gasteiger partial charge in [0.2, 0.25) is 0 Å². The van der Waals surface area contributed by atoms with Gasteiger partial charge in [-0.25, -0.2) is 9.69 Å². The number of ether oxygens (including phenoxy) is 1. The number of rotatable bonds is 2. The van der Waals surface area contributed by atoms with Crippen LogP contribution in [-0.4, -0.2) is 22.5 Å². The Labute approximate surface area is 157 Å². The first kappa shape index (κ1) is 17.0. The second-order valence-corrected chi connectivity index (χ2v) is 6.98. The molecule has 134 valence electrons. The number of hydrogen-bond acceptors (Lipinski definition) is 3. The summed E-state index contributed by atoms with van der Waals surface area (Å²) in [7, 11) is 0. The molecular weight excluding hydrogens is 338 g/mol. The van der Waals surface area contributed by atoms with E-state index in [4.69, 9.17) is 4.74 Å². The molecule has 1 heterocycles. The number of carbonyl (C=O) groups excluding carboxylic acids is 2. The lowest BCUT2D eigenvalue weighted by molar-refractivity contribution is 0.0792. The molecule has 0 N–H and O–H groups in total. The predicted octanol–water partition coefficient (Wildman–Crippen LogP) is 5.25. The second kappa shape index (κ2) is 6.40. The standard InChI is InChI=1S/C23H19NO3/c1-23(2)20(15-18-13-8-12-16-9-6-7-14-19(16)18)24(22(26)27-23)21(25)17-10-4-3-5-11-17/h3-15H,1-2H3/b20-15-. The number of imide groups is 1. The molecular formula is C23H19NO3. The molecule has 0 saturated carbocycles. The molecule has 3 aromatic carbocycles. The summed E-state index contributed by atoms with van der Waals surface area (Å²) in [5, 5.41) is 2.14. The molecule has 0 atom stereocenters. The Hall–Kier alpha value is -3.40. The molecule has 0 bridgehead atoms. The van der Waals surface area contributed by atoms with E-state index in [0.717, 1.165) is 21.2 Å². The SMILES string of the molecule is CC1(C)OC(=O)N(C(=O)c2ccccc2)/C1=C\c1cccc2ccccc12. The maximum atomic E-state index is 13.0. The third-order valence-corrected chi connectivity index (χ3v) is 4.72. The van der Waals surface area contributed by atoms with Crippen LogP contribution in [0, 0.1) is 0 Å². The monoisotopic (exact) mass is 357 g/mol. The van der Waals surface area contributed by atoms with Crippen molar-refractivity contribution >= 4 is 28.8 Å². The van der Waals surface area contributed by atoms with Crippen molar-refractivity contribution in [3.8, 4) is 0 Å². The number of fused-ring (bicyclic) bond motifs is 1. The Kier molecular flexibility index (Phi) is 4.04. The number of cyclic esters (lactones) is 1. The molecule has 4 nitrogen and oxygen atoms in total. The Balaban J connectivity index is 1.86. The van der Waals surface area contributed by atoms with E-state index in [0.29, 0.717) is 11.3 Å². The van der Waals surface area contributed by atoms with E-state index in [2.05, 4.69) is 0 Å². The third kappa shape index (κ3) is 2.99. The molecule has 0 aliphatic carbocycles. The van der Waals surface area contributed by atoms with Gasteiger partial charge in [0.05, 0.1) is 5.70 Å². The molecule has 0 unspecified atom stereocenters. The van der Waals surface area contributed by atoms with Crippen molar-refractivity contribution in [2.45, 2.75) is 19.4 Å². The van der Waals surface area contributed by atoms with Gasteiger partial charge in [-0.3, -0.25) is 4.79 Å². The first-order valence-electron chi connectivity index (χ1n) is 8.80. The first-order chi connectivity index (χ1) is 13.0. The Morgan fingerprint density at radius 3 is 2.37 bits per heavy atom. The molecule has 1 aliphatic heterocycles. The van der Waals surface area contributed by atoms with E-state index >= 15 is 0 Å². The highest BCUT2D eigenvalue weighted by atomic mass is 16.6. The molecule has 1 aliphatic rings. The van der Waals surface area contributed by atoms with Crippen LogP contribution in [0.15, 0.2) is 78.5 Å². The smallest absolute Gasteiger partial charge is 0.422 e. The summed E-state index contributed by atoms with van der Waals surface area (Å²) in [6, 6.07) is 22.7. The van der Waals surface area contributed by atoms with Crippen LogP contribution in [0.4, 0.5) is 4.79 Å². The molecule has 2 amide bonds. The maximum Gasteiger partial charge on any atom is 0.422 e. The lowest BCUT2D eigenvalue weighted by atomic mass is 9.98. The summed E-state index contributed by atoms with van der Waals surface area (Å²) >= 11 is 0. The van der Waals surface area contributed by atoms with Crippen molar-refractivity contribution in [3.63, 3.8) is 0 Å². The normalized spacial score (nSPS) is 17.3. The van der Waals surface area contributed by atoms with Gasteiger partial charge >= 0.3 is 6.09 Å². The second-order valence-electron chi connectivity index (χ2n) is 6.98. The fourth-order valence-corrected chi connectivity index (χ4v) is 3.35. The summed E-state index contributed by atoms with van der Waals surface area (Å²) in [5.74, 6) is -0.391. The zero-order valence-corrected chi connectivity index (χ0v) is 15.2. The largest absolute Gasteiger partial charge is 0.436 e. The van der Waals surface area contributed by atoms with Crippen LogP contribution < -0.4 is 0 Å². The number of hydrogen-bond donors (Lipinski definition) is 0. The van der Waals surface area contributed by atoms with Crippen molar-refractivity contribution in [1.82, 2.24) is 4.90 Å². The zero-order valence-electron chi connectivity index (χ0n) is 15.2. The molecule has 4 rings (SSSR count). The van der Waals surface area contributed by atoms with Gasteiger partial charge in [0.1, 0.15) is 5.60 Å². The molecule has 1 saturated heterocycles. The molecule has 0 aromatic heterocycles. The molecule has 4 heteroatoms. The van der Waals surface area contributed by atoms with Gasteiger partial charge in [-0.15, -0.1) is 0 Å². The van der Waals surface area contributed by atoms with Gasteiger partial charge in [-0.05, 0) is 48.4 Å². The highest BCUT2D eigenvalue weighted by Gasteiger charge is 2.46. The van der Waals surface area contributed by atoms with Gasteiger partial charge < -0.3 is 4.74 Å². The fraction of sp³-hybridized carbons (Fsp3) is 0.130. The van der Waals surface area contributed by atoms with Crippen LogP contribution in [0.3, 0.4) is 0 Å². The number of benzene rings is 3. The average molecular weight is 357 g/mol. The van der Waals surface area contributed by atoms with Gasteiger partial charge in [-0.2, -0.15) is 0 Å². The van der Waals surface area contributed by atoms with Crippen LogP contribution in [0.5, 0.6) is 0 Å². The van der Waals surface area contributed by atoms with E-state index in [-0.39, 0.29) is 0 Å². The molecule has 1 fully saturated rings. The van der Waals surface area contributed by atoms with Crippen LogP contribution in [-0.2, 0) is 4.74 Å². The van der Waals surface area contributed by atoms with Crippen LogP contribution >= 0.6 is 0 Å². The summed E-state index contributed by atoms with van der Waals surface area (Å²) < 4.78 is 5.50. The van der Waals surface area contributed by atoms with Crippen LogP contribution in [0.25, 0.3) is 16.8 Å². The summed E-state index contributed by atoms with van der Waals surface area (Å²) in [6.07, 6.45) is 1.22.